The second-order valence-corrected chi connectivity index (χ2v) is 8.53. The van der Waals surface area contributed by atoms with Crippen LogP contribution in [0.25, 0.3) is 0 Å². The zero-order valence-corrected chi connectivity index (χ0v) is 17.7. The van der Waals surface area contributed by atoms with Crippen LogP contribution in [-0.4, -0.2) is 47.9 Å². The predicted molar refractivity (Wildman–Crippen MR) is 116 cm³/mol. The number of hydrogen-bond donors (Lipinski definition) is 0. The molecule has 3 aliphatic rings. The number of fused-ring (bicyclic) bond motifs is 1. The van der Waals surface area contributed by atoms with Gasteiger partial charge in [0.1, 0.15) is 0 Å². The third-order valence-corrected chi connectivity index (χ3v) is 6.42. The molecule has 0 aromatic heterocycles. The molecule has 0 saturated carbocycles. The molecular weight excluding hydrogens is 392 g/mol. The highest BCUT2D eigenvalue weighted by atomic mass is 16.5. The van der Waals surface area contributed by atoms with E-state index in [2.05, 4.69) is 6.07 Å². The van der Waals surface area contributed by atoms with Gasteiger partial charge in [-0.15, -0.1) is 0 Å². The fourth-order valence-electron chi connectivity index (χ4n) is 4.75. The second kappa shape index (κ2) is 8.61. The Morgan fingerprint density at radius 2 is 1.74 bits per heavy atom. The topological polar surface area (TPSA) is 59.1 Å². The van der Waals surface area contributed by atoms with Gasteiger partial charge in [-0.25, -0.2) is 0 Å². The third kappa shape index (κ3) is 4.11. The molecule has 0 spiro atoms. The molecule has 2 amide bonds. The second-order valence-electron chi connectivity index (χ2n) is 8.53. The maximum Gasteiger partial charge on any atom is 0.254 e. The number of nitrogens with zero attached hydrogens (tertiary/aromatic N) is 2. The fourth-order valence-corrected chi connectivity index (χ4v) is 4.75. The van der Waals surface area contributed by atoms with Crippen LogP contribution in [0.5, 0.6) is 11.5 Å². The minimum Gasteiger partial charge on any atom is -0.490 e. The molecular formula is C25H28N2O4. The molecule has 3 heterocycles. The first-order valence-electron chi connectivity index (χ1n) is 11.3. The molecule has 2 saturated heterocycles. The number of carbonyl (C=O) groups excluding carboxylic acids is 2. The number of benzene rings is 2. The quantitative estimate of drug-likeness (QED) is 0.752. The molecule has 0 bridgehead atoms. The Morgan fingerprint density at radius 1 is 0.935 bits per heavy atom. The Morgan fingerprint density at radius 3 is 2.52 bits per heavy atom. The number of likely N-dealkylation sites (tertiary alicyclic amines) is 2. The standard InChI is InChI=1S/C25H28N2O4/c28-24-5-2-12-26(24)17-18-6-8-19(9-7-18)25(29)27-13-1-4-21(27)20-10-11-22-23(16-20)31-15-3-14-30-22/h6-11,16,21H,1-5,12-15,17H2. The Hall–Kier alpha value is -3.02. The summed E-state index contributed by atoms with van der Waals surface area (Å²) in [5.74, 6) is 1.83. The average molecular weight is 421 g/mol. The van der Waals surface area contributed by atoms with E-state index in [-0.39, 0.29) is 17.9 Å². The van der Waals surface area contributed by atoms with Crippen molar-refractivity contribution in [1.29, 1.82) is 0 Å². The van der Waals surface area contributed by atoms with Gasteiger partial charge in [0.15, 0.2) is 11.5 Å². The van der Waals surface area contributed by atoms with E-state index in [1.54, 1.807) is 0 Å². The van der Waals surface area contributed by atoms with Crippen LogP contribution in [0.2, 0.25) is 0 Å². The number of amides is 2. The molecule has 2 aromatic carbocycles. The van der Waals surface area contributed by atoms with Crippen LogP contribution in [0.15, 0.2) is 42.5 Å². The van der Waals surface area contributed by atoms with Gasteiger partial charge < -0.3 is 19.3 Å². The van der Waals surface area contributed by atoms with E-state index < -0.39 is 0 Å². The highest BCUT2D eigenvalue weighted by Crippen LogP contribution is 2.38. The van der Waals surface area contributed by atoms with Crippen LogP contribution >= 0.6 is 0 Å². The normalized spacial score (nSPS) is 20.8. The minimum atomic E-state index is 0.0477. The lowest BCUT2D eigenvalue weighted by molar-refractivity contribution is -0.128. The molecule has 2 fully saturated rings. The summed E-state index contributed by atoms with van der Waals surface area (Å²) in [4.78, 5) is 29.0. The summed E-state index contributed by atoms with van der Waals surface area (Å²) < 4.78 is 11.6. The Balaban J connectivity index is 1.30. The molecule has 5 rings (SSSR count). The molecule has 6 nitrogen and oxygen atoms in total. The zero-order valence-electron chi connectivity index (χ0n) is 17.7. The highest BCUT2D eigenvalue weighted by Gasteiger charge is 2.31. The monoisotopic (exact) mass is 420 g/mol. The van der Waals surface area contributed by atoms with E-state index >= 15 is 0 Å². The van der Waals surface area contributed by atoms with Gasteiger partial charge >= 0.3 is 0 Å². The van der Waals surface area contributed by atoms with Crippen LogP contribution in [0.3, 0.4) is 0 Å². The van der Waals surface area contributed by atoms with E-state index in [0.717, 1.165) is 61.4 Å². The Kier molecular flexibility index (Phi) is 5.53. The summed E-state index contributed by atoms with van der Waals surface area (Å²) in [7, 11) is 0. The summed E-state index contributed by atoms with van der Waals surface area (Å²) >= 11 is 0. The summed E-state index contributed by atoms with van der Waals surface area (Å²) in [6, 6.07) is 13.8. The molecule has 1 atom stereocenters. The van der Waals surface area contributed by atoms with Crippen LogP contribution in [-0.2, 0) is 11.3 Å². The van der Waals surface area contributed by atoms with E-state index in [1.807, 2.05) is 46.2 Å². The highest BCUT2D eigenvalue weighted by molar-refractivity contribution is 5.94. The first-order chi connectivity index (χ1) is 15.2. The van der Waals surface area contributed by atoms with Crippen molar-refractivity contribution in [3.8, 4) is 11.5 Å². The maximum atomic E-state index is 13.3. The summed E-state index contributed by atoms with van der Waals surface area (Å²) in [5, 5.41) is 0. The fraction of sp³-hybridized carbons (Fsp3) is 0.440. The number of carbonyl (C=O) groups is 2. The molecule has 2 aromatic rings. The number of ether oxygens (including phenoxy) is 2. The van der Waals surface area contributed by atoms with Crippen LogP contribution in [0.1, 0.15) is 59.6 Å². The van der Waals surface area contributed by atoms with Crippen molar-refractivity contribution in [3.05, 3.63) is 59.2 Å². The SMILES string of the molecule is O=C1CCCN1Cc1ccc(C(=O)N2CCCC2c2ccc3c(c2)OCCCO3)cc1. The van der Waals surface area contributed by atoms with Crippen molar-refractivity contribution in [2.24, 2.45) is 0 Å². The van der Waals surface area contributed by atoms with Crippen molar-refractivity contribution in [1.82, 2.24) is 9.80 Å². The van der Waals surface area contributed by atoms with Gasteiger partial charge in [-0.2, -0.15) is 0 Å². The van der Waals surface area contributed by atoms with Gasteiger partial charge in [0, 0.05) is 38.0 Å². The molecule has 0 radical (unpaired) electrons. The van der Waals surface area contributed by atoms with E-state index in [0.29, 0.717) is 31.7 Å². The molecule has 6 heteroatoms. The van der Waals surface area contributed by atoms with Crippen molar-refractivity contribution in [2.45, 2.75) is 44.7 Å². The van der Waals surface area contributed by atoms with Crippen molar-refractivity contribution in [3.63, 3.8) is 0 Å². The molecule has 0 aliphatic carbocycles. The minimum absolute atomic E-state index is 0.0477. The number of hydrogen-bond acceptors (Lipinski definition) is 4. The lowest BCUT2D eigenvalue weighted by atomic mass is 10.0. The van der Waals surface area contributed by atoms with Gasteiger partial charge in [-0.3, -0.25) is 9.59 Å². The maximum absolute atomic E-state index is 13.3. The first kappa shape index (κ1) is 19.9. The number of rotatable bonds is 4. The molecule has 0 N–H and O–H groups in total. The van der Waals surface area contributed by atoms with E-state index in [1.165, 1.54) is 0 Å². The zero-order chi connectivity index (χ0) is 21.2. The van der Waals surface area contributed by atoms with E-state index in [4.69, 9.17) is 9.47 Å². The van der Waals surface area contributed by atoms with Crippen LogP contribution < -0.4 is 9.47 Å². The van der Waals surface area contributed by atoms with Gasteiger partial charge in [-0.1, -0.05) is 18.2 Å². The van der Waals surface area contributed by atoms with Crippen molar-refractivity contribution < 1.29 is 19.1 Å². The van der Waals surface area contributed by atoms with Gasteiger partial charge in [0.25, 0.3) is 5.91 Å². The average Bonchev–Trinajstić information content (AvgIpc) is 3.37. The predicted octanol–water partition coefficient (Wildman–Crippen LogP) is 3.95. The summed E-state index contributed by atoms with van der Waals surface area (Å²) in [6.45, 7) is 3.52. The van der Waals surface area contributed by atoms with Gasteiger partial charge in [0.05, 0.1) is 19.3 Å². The lowest BCUT2D eigenvalue weighted by Crippen LogP contribution is -2.30. The van der Waals surface area contributed by atoms with Crippen LogP contribution in [0.4, 0.5) is 0 Å². The molecule has 31 heavy (non-hydrogen) atoms. The lowest BCUT2D eigenvalue weighted by Gasteiger charge is -2.26. The van der Waals surface area contributed by atoms with Gasteiger partial charge in [0.2, 0.25) is 5.91 Å². The summed E-state index contributed by atoms with van der Waals surface area (Å²) in [5.41, 5.74) is 2.85. The van der Waals surface area contributed by atoms with Crippen molar-refractivity contribution in [2.75, 3.05) is 26.3 Å². The van der Waals surface area contributed by atoms with E-state index in [9.17, 15) is 9.59 Å². The largest absolute Gasteiger partial charge is 0.490 e. The van der Waals surface area contributed by atoms with Crippen molar-refractivity contribution >= 4 is 11.8 Å². The third-order valence-electron chi connectivity index (χ3n) is 6.42. The molecule has 1 unspecified atom stereocenters. The first-order valence-corrected chi connectivity index (χ1v) is 11.3. The smallest absolute Gasteiger partial charge is 0.254 e. The summed E-state index contributed by atoms with van der Waals surface area (Å²) in [6.07, 6.45) is 4.39. The van der Waals surface area contributed by atoms with Crippen LogP contribution in [0, 0.1) is 0 Å². The molecule has 3 aliphatic heterocycles. The van der Waals surface area contributed by atoms with Gasteiger partial charge in [-0.05, 0) is 54.7 Å². The Labute approximate surface area is 182 Å². The molecule has 162 valence electrons. The Bertz CT molecular complexity index is 972.